The number of hydrogen-bond acceptors (Lipinski definition) is 6. The van der Waals surface area contributed by atoms with Crippen molar-refractivity contribution in [1.29, 1.82) is 0 Å². The van der Waals surface area contributed by atoms with Crippen molar-refractivity contribution in [2.75, 3.05) is 26.2 Å². The third-order valence-electron chi connectivity index (χ3n) is 6.26. The van der Waals surface area contributed by atoms with E-state index in [1.807, 2.05) is 12.1 Å². The van der Waals surface area contributed by atoms with Crippen molar-refractivity contribution in [3.63, 3.8) is 0 Å². The molecule has 0 aliphatic carbocycles. The predicted octanol–water partition coefficient (Wildman–Crippen LogP) is -0.380. The van der Waals surface area contributed by atoms with Crippen molar-refractivity contribution in [2.45, 2.75) is 44.1 Å². The fraction of sp³-hybridized carbons (Fsp3) is 0.550. The van der Waals surface area contributed by atoms with E-state index in [4.69, 9.17) is 4.74 Å². The Morgan fingerprint density at radius 3 is 2.89 bits per heavy atom. The molecule has 0 spiro atoms. The van der Waals surface area contributed by atoms with Crippen molar-refractivity contribution >= 4 is 17.7 Å². The predicted molar refractivity (Wildman–Crippen MR) is 99.3 cm³/mol. The maximum absolute atomic E-state index is 12.9. The summed E-state index contributed by atoms with van der Waals surface area (Å²) in [5, 5.41) is 5.87. The molecule has 8 nitrogen and oxygen atoms in total. The summed E-state index contributed by atoms with van der Waals surface area (Å²) < 4.78 is 5.86. The minimum atomic E-state index is -0.572. The Kier molecular flexibility index (Phi) is 4.41. The maximum Gasteiger partial charge on any atom is 0.255 e. The Balaban J connectivity index is 1.34. The van der Waals surface area contributed by atoms with Gasteiger partial charge >= 0.3 is 0 Å². The number of likely N-dealkylation sites (tertiary alicyclic amines) is 1. The van der Waals surface area contributed by atoms with Gasteiger partial charge in [-0.05, 0) is 23.6 Å². The van der Waals surface area contributed by atoms with Gasteiger partial charge in [0.05, 0.1) is 12.7 Å². The van der Waals surface area contributed by atoms with Gasteiger partial charge in [-0.1, -0.05) is 12.1 Å². The first-order valence-electron chi connectivity index (χ1n) is 9.93. The molecule has 0 bridgehead atoms. The minimum Gasteiger partial charge on any atom is -0.374 e. The molecule has 3 fully saturated rings. The first-order chi connectivity index (χ1) is 13.6. The van der Waals surface area contributed by atoms with E-state index < -0.39 is 6.04 Å². The molecule has 148 valence electrons. The second kappa shape index (κ2) is 6.95. The van der Waals surface area contributed by atoms with Crippen LogP contribution in [0.2, 0.25) is 0 Å². The quantitative estimate of drug-likeness (QED) is 0.691. The fourth-order valence-corrected chi connectivity index (χ4v) is 4.84. The van der Waals surface area contributed by atoms with Crippen LogP contribution in [0.15, 0.2) is 18.2 Å². The van der Waals surface area contributed by atoms with Gasteiger partial charge < -0.3 is 15.0 Å². The summed E-state index contributed by atoms with van der Waals surface area (Å²) >= 11 is 0. The molecular formula is C20H24N4O4. The van der Waals surface area contributed by atoms with Gasteiger partial charge in [-0.25, -0.2) is 0 Å². The summed E-state index contributed by atoms with van der Waals surface area (Å²) in [4.78, 5) is 40.6. The number of morpholine rings is 1. The summed E-state index contributed by atoms with van der Waals surface area (Å²) in [5.74, 6) is -0.755. The largest absolute Gasteiger partial charge is 0.374 e. The molecule has 8 heteroatoms. The minimum absolute atomic E-state index is 0.119. The molecule has 4 aliphatic rings. The maximum atomic E-state index is 12.9. The standard InChI is InChI=1S/C20H24N4O4/c25-18-5-4-16(19(26)22-18)24-9-14-12(2-1-3-13(14)20(24)27)8-23-10-15-17(11-23)28-7-6-21-15/h1-3,15-17,21H,4-11H2,(H,22,25,26)/t15-,16?,17+/m0/s1. The van der Waals surface area contributed by atoms with Crippen LogP contribution in [0.25, 0.3) is 0 Å². The fourth-order valence-electron chi connectivity index (χ4n) is 4.84. The van der Waals surface area contributed by atoms with Crippen LogP contribution in [0.3, 0.4) is 0 Å². The summed E-state index contributed by atoms with van der Waals surface area (Å²) in [6.45, 7) is 4.64. The molecule has 0 aromatic heterocycles. The molecule has 1 aromatic carbocycles. The van der Waals surface area contributed by atoms with Crippen LogP contribution in [0, 0.1) is 0 Å². The highest BCUT2D eigenvalue weighted by atomic mass is 16.5. The molecule has 2 N–H and O–H groups in total. The number of hydrogen-bond donors (Lipinski definition) is 2. The van der Waals surface area contributed by atoms with E-state index in [0.717, 1.165) is 43.9 Å². The van der Waals surface area contributed by atoms with E-state index in [1.54, 1.807) is 4.90 Å². The number of nitrogens with one attached hydrogen (secondary N) is 2. The van der Waals surface area contributed by atoms with E-state index in [2.05, 4.69) is 21.6 Å². The molecule has 0 radical (unpaired) electrons. The lowest BCUT2D eigenvalue weighted by molar-refractivity contribution is -0.136. The first-order valence-corrected chi connectivity index (χ1v) is 9.93. The molecule has 5 rings (SSSR count). The summed E-state index contributed by atoms with van der Waals surface area (Å²) in [6, 6.07) is 5.61. The smallest absolute Gasteiger partial charge is 0.255 e. The second-order valence-corrected chi connectivity index (χ2v) is 8.01. The summed E-state index contributed by atoms with van der Waals surface area (Å²) in [7, 11) is 0. The average Bonchev–Trinajstić information content (AvgIpc) is 3.23. The number of fused-ring (bicyclic) bond motifs is 2. The molecule has 4 aliphatic heterocycles. The molecule has 0 saturated carbocycles. The highest BCUT2D eigenvalue weighted by Crippen LogP contribution is 2.31. The molecule has 3 saturated heterocycles. The van der Waals surface area contributed by atoms with Crippen LogP contribution in [0.4, 0.5) is 0 Å². The highest BCUT2D eigenvalue weighted by molar-refractivity contribution is 6.05. The van der Waals surface area contributed by atoms with Gasteiger partial charge in [0.1, 0.15) is 6.04 Å². The number of carbonyl (C=O) groups is 3. The Morgan fingerprint density at radius 2 is 2.07 bits per heavy atom. The van der Waals surface area contributed by atoms with Gasteiger partial charge in [0.15, 0.2) is 0 Å². The molecule has 3 atom stereocenters. The Labute approximate surface area is 163 Å². The number of nitrogens with zero attached hydrogens (tertiary/aromatic N) is 2. The molecule has 3 amide bonds. The number of amides is 3. The first kappa shape index (κ1) is 17.8. The van der Waals surface area contributed by atoms with Crippen molar-refractivity contribution < 1.29 is 19.1 Å². The van der Waals surface area contributed by atoms with Crippen LogP contribution in [0.1, 0.15) is 34.3 Å². The monoisotopic (exact) mass is 384 g/mol. The zero-order valence-electron chi connectivity index (χ0n) is 15.6. The lowest BCUT2D eigenvalue weighted by Gasteiger charge is -2.29. The number of imide groups is 1. The number of rotatable bonds is 3. The number of piperidine rings is 1. The summed E-state index contributed by atoms with van der Waals surface area (Å²) in [6.07, 6.45) is 0.887. The topological polar surface area (TPSA) is 91.0 Å². The van der Waals surface area contributed by atoms with E-state index in [0.29, 0.717) is 24.6 Å². The van der Waals surface area contributed by atoms with Crippen LogP contribution in [0.5, 0.6) is 0 Å². The third kappa shape index (κ3) is 3.01. The Morgan fingerprint density at radius 1 is 1.18 bits per heavy atom. The Bertz CT molecular complexity index is 827. The van der Waals surface area contributed by atoms with E-state index in [1.165, 1.54) is 0 Å². The van der Waals surface area contributed by atoms with Crippen molar-refractivity contribution in [2.24, 2.45) is 0 Å². The van der Waals surface area contributed by atoms with Gasteiger partial charge in [0.2, 0.25) is 11.8 Å². The van der Waals surface area contributed by atoms with Crippen LogP contribution in [-0.2, 0) is 27.4 Å². The van der Waals surface area contributed by atoms with Gasteiger partial charge in [0, 0.05) is 50.7 Å². The molecular weight excluding hydrogens is 360 g/mol. The van der Waals surface area contributed by atoms with E-state index in [9.17, 15) is 14.4 Å². The van der Waals surface area contributed by atoms with E-state index in [-0.39, 0.29) is 30.2 Å². The van der Waals surface area contributed by atoms with Crippen molar-refractivity contribution in [1.82, 2.24) is 20.4 Å². The van der Waals surface area contributed by atoms with Gasteiger partial charge in [0.25, 0.3) is 5.91 Å². The summed E-state index contributed by atoms with van der Waals surface area (Å²) in [5.41, 5.74) is 2.80. The van der Waals surface area contributed by atoms with E-state index >= 15 is 0 Å². The van der Waals surface area contributed by atoms with Gasteiger partial charge in [-0.15, -0.1) is 0 Å². The SMILES string of the molecule is O=C1CCC(N2Cc3c(CN4C[C@@H]5NCCO[C@@H]5C4)cccc3C2=O)C(=O)N1. The lowest BCUT2D eigenvalue weighted by atomic mass is 10.0. The average molecular weight is 384 g/mol. The second-order valence-electron chi connectivity index (χ2n) is 8.01. The number of benzene rings is 1. The van der Waals surface area contributed by atoms with Crippen LogP contribution in [-0.4, -0.2) is 72.0 Å². The zero-order chi connectivity index (χ0) is 19.3. The molecule has 1 aromatic rings. The van der Waals surface area contributed by atoms with Gasteiger partial charge in [-0.3, -0.25) is 24.6 Å². The van der Waals surface area contributed by atoms with Gasteiger partial charge in [-0.2, -0.15) is 0 Å². The normalized spacial score (nSPS) is 30.4. The zero-order valence-corrected chi connectivity index (χ0v) is 15.6. The third-order valence-corrected chi connectivity index (χ3v) is 6.26. The molecule has 28 heavy (non-hydrogen) atoms. The van der Waals surface area contributed by atoms with Crippen LogP contribution < -0.4 is 10.6 Å². The van der Waals surface area contributed by atoms with Crippen molar-refractivity contribution in [3.05, 3.63) is 34.9 Å². The number of ether oxygens (including phenoxy) is 1. The van der Waals surface area contributed by atoms with Crippen LogP contribution >= 0.6 is 0 Å². The van der Waals surface area contributed by atoms with Crippen molar-refractivity contribution in [3.8, 4) is 0 Å². The molecule has 1 unspecified atom stereocenters. The highest BCUT2D eigenvalue weighted by Gasteiger charge is 2.40. The lowest BCUT2D eigenvalue weighted by Crippen LogP contribution is -2.52. The number of carbonyl (C=O) groups excluding carboxylic acids is 3. The Hall–Kier alpha value is -2.29. The molecule has 4 heterocycles.